The van der Waals surface area contributed by atoms with Crippen molar-refractivity contribution in [3.63, 3.8) is 0 Å². The molecule has 0 spiro atoms. The molecule has 34 heavy (non-hydrogen) atoms. The van der Waals surface area contributed by atoms with Crippen molar-refractivity contribution in [3.8, 4) is 0 Å². The van der Waals surface area contributed by atoms with Gasteiger partial charge in [-0.3, -0.25) is 15.6 Å². The predicted octanol–water partition coefficient (Wildman–Crippen LogP) is 4.99. The average molecular weight is 470 g/mol. The van der Waals surface area contributed by atoms with Crippen LogP contribution in [0.1, 0.15) is 18.1 Å². The SMILES string of the molecule is CCOC(=O)C(=C=[N-])/C=C(/C(=O)N1c2ccccc2Sc2ccccc21)[n+]1cc(C)cc(C)c1. The first kappa shape index (κ1) is 23.2. The number of hydrogen-bond donors (Lipinski definition) is 0. The van der Waals surface area contributed by atoms with Gasteiger partial charge in [-0.2, -0.15) is 4.57 Å². The topological polar surface area (TPSA) is 72.8 Å². The molecule has 3 aromatic rings. The maximum Gasteiger partial charge on any atom is 0.344 e. The monoisotopic (exact) mass is 469 g/mol. The molecule has 0 radical (unpaired) electrons. The zero-order chi connectivity index (χ0) is 24.2. The fourth-order valence-electron chi connectivity index (χ4n) is 3.82. The first-order valence-corrected chi connectivity index (χ1v) is 11.6. The van der Waals surface area contributed by atoms with Crippen LogP contribution in [-0.4, -0.2) is 24.4 Å². The molecule has 0 saturated heterocycles. The molecule has 170 valence electrons. The molecule has 0 unspecified atom stereocenters. The molecule has 0 aliphatic carbocycles. The van der Waals surface area contributed by atoms with Gasteiger partial charge in [-0.25, -0.2) is 4.79 Å². The van der Waals surface area contributed by atoms with Crippen molar-refractivity contribution in [3.05, 3.63) is 95.2 Å². The van der Waals surface area contributed by atoms with Crippen LogP contribution >= 0.6 is 11.8 Å². The van der Waals surface area contributed by atoms with E-state index in [1.54, 1.807) is 40.5 Å². The van der Waals surface area contributed by atoms with Gasteiger partial charge in [-0.1, -0.05) is 36.0 Å². The van der Waals surface area contributed by atoms with Crippen molar-refractivity contribution >= 4 is 46.6 Å². The summed E-state index contributed by atoms with van der Waals surface area (Å²) in [7, 11) is 0. The number of para-hydroxylation sites is 2. The van der Waals surface area contributed by atoms with Crippen molar-refractivity contribution in [1.82, 2.24) is 0 Å². The minimum Gasteiger partial charge on any atom is -0.763 e. The van der Waals surface area contributed by atoms with E-state index in [0.29, 0.717) is 0 Å². The number of carbonyl (C=O) groups excluding carboxylic acids is 2. The maximum atomic E-state index is 14.2. The third-order valence-corrected chi connectivity index (χ3v) is 6.30. The first-order valence-electron chi connectivity index (χ1n) is 10.8. The summed E-state index contributed by atoms with van der Waals surface area (Å²) < 4.78 is 6.70. The lowest BCUT2D eigenvalue weighted by atomic mass is 10.1. The number of anilines is 2. The van der Waals surface area contributed by atoms with E-state index in [0.717, 1.165) is 32.3 Å². The highest BCUT2D eigenvalue weighted by atomic mass is 32.2. The molecule has 4 rings (SSSR count). The summed E-state index contributed by atoms with van der Waals surface area (Å²) in [6.45, 7) is 5.64. The van der Waals surface area contributed by atoms with Crippen LogP contribution in [0, 0.1) is 13.8 Å². The Bertz CT molecular complexity index is 1310. The number of rotatable bonds is 5. The smallest absolute Gasteiger partial charge is 0.344 e. The van der Waals surface area contributed by atoms with Gasteiger partial charge in [0.05, 0.1) is 23.6 Å². The molecule has 0 bridgehead atoms. The molecular weight excluding hydrogens is 446 g/mol. The number of pyridine rings is 1. The molecule has 0 saturated carbocycles. The average Bonchev–Trinajstić information content (AvgIpc) is 2.82. The summed E-state index contributed by atoms with van der Waals surface area (Å²) in [5.74, 6) is 0.753. The number of aryl methyl sites for hydroxylation is 2. The van der Waals surface area contributed by atoms with E-state index in [-0.39, 0.29) is 23.8 Å². The second-order valence-electron chi connectivity index (χ2n) is 7.75. The van der Waals surface area contributed by atoms with Crippen LogP contribution < -0.4 is 9.47 Å². The summed E-state index contributed by atoms with van der Waals surface area (Å²) in [4.78, 5) is 30.2. The Morgan fingerprint density at radius 3 is 2.12 bits per heavy atom. The standard InChI is InChI=1S/C27H23N3O3S/c1-4-33-27(32)20(15-28)14-23(29-16-18(2)13-19(3)17-29)26(31)30-21-9-5-7-11-24(21)34-25-12-8-6-10-22(25)30/h5-14,16-17H,4H2,1-3H3/b23-14-. The van der Waals surface area contributed by atoms with E-state index in [1.165, 1.54) is 6.08 Å². The van der Waals surface area contributed by atoms with Crippen molar-refractivity contribution in [1.29, 1.82) is 0 Å². The van der Waals surface area contributed by atoms with Crippen LogP contribution in [0.25, 0.3) is 11.1 Å². The Morgan fingerprint density at radius 1 is 1.03 bits per heavy atom. The first-order chi connectivity index (χ1) is 16.4. The second kappa shape index (κ2) is 9.91. The molecule has 0 fully saturated rings. The second-order valence-corrected chi connectivity index (χ2v) is 8.84. The number of nitrogens with zero attached hydrogens (tertiary/aromatic N) is 3. The minimum absolute atomic E-state index is 0.127. The maximum absolute atomic E-state index is 14.2. The quantitative estimate of drug-likeness (QED) is 0.174. The van der Waals surface area contributed by atoms with Gasteiger partial charge in [0.2, 0.25) is 0 Å². The van der Waals surface area contributed by atoms with Gasteiger partial charge in [0.15, 0.2) is 12.4 Å². The molecule has 1 amide bonds. The number of ether oxygens (including phenoxy) is 1. The number of aromatic nitrogens is 1. The van der Waals surface area contributed by atoms with Crippen LogP contribution in [0.2, 0.25) is 0 Å². The van der Waals surface area contributed by atoms with Crippen LogP contribution in [-0.2, 0) is 14.3 Å². The van der Waals surface area contributed by atoms with Crippen molar-refractivity contribution in [2.75, 3.05) is 11.5 Å². The molecule has 6 nitrogen and oxygen atoms in total. The highest BCUT2D eigenvalue weighted by Crippen LogP contribution is 2.48. The highest BCUT2D eigenvalue weighted by molar-refractivity contribution is 7.99. The van der Waals surface area contributed by atoms with Crippen LogP contribution in [0.3, 0.4) is 0 Å². The van der Waals surface area contributed by atoms with E-state index in [1.807, 2.05) is 74.3 Å². The molecule has 1 aliphatic rings. The van der Waals surface area contributed by atoms with Gasteiger partial charge in [0.25, 0.3) is 5.70 Å². The zero-order valence-corrected chi connectivity index (χ0v) is 19.9. The van der Waals surface area contributed by atoms with Gasteiger partial charge < -0.3 is 10.1 Å². The third kappa shape index (κ3) is 4.57. The number of fused-ring (bicyclic) bond motifs is 2. The molecule has 0 atom stereocenters. The number of benzene rings is 2. The normalized spacial score (nSPS) is 12.3. The summed E-state index contributed by atoms with van der Waals surface area (Å²) in [5.41, 5.74) is 3.26. The summed E-state index contributed by atoms with van der Waals surface area (Å²) >= 11 is 1.59. The van der Waals surface area contributed by atoms with Gasteiger partial charge in [-0.05, 0) is 51.1 Å². The molecule has 1 aromatic heterocycles. The molecule has 2 heterocycles. The van der Waals surface area contributed by atoms with Crippen molar-refractivity contribution in [2.24, 2.45) is 0 Å². The molecule has 2 aromatic carbocycles. The number of esters is 1. The minimum atomic E-state index is -0.768. The van der Waals surface area contributed by atoms with Crippen LogP contribution in [0.4, 0.5) is 11.4 Å². The van der Waals surface area contributed by atoms with Crippen LogP contribution in [0.15, 0.2) is 88.4 Å². The summed E-state index contributed by atoms with van der Waals surface area (Å²) in [6, 6.07) is 17.3. The lowest BCUT2D eigenvalue weighted by Gasteiger charge is -2.30. The Morgan fingerprint density at radius 2 is 1.59 bits per heavy atom. The molecular formula is C27H23N3O3S. The van der Waals surface area contributed by atoms with E-state index in [4.69, 9.17) is 4.74 Å². The molecule has 0 N–H and O–H groups in total. The largest absolute Gasteiger partial charge is 0.763 e. The summed E-state index contributed by atoms with van der Waals surface area (Å²) in [6.07, 6.45) is 4.91. The third-order valence-electron chi connectivity index (χ3n) is 5.17. The van der Waals surface area contributed by atoms with Gasteiger partial charge >= 0.3 is 11.9 Å². The van der Waals surface area contributed by atoms with E-state index in [2.05, 4.69) is 0 Å². The van der Waals surface area contributed by atoms with E-state index < -0.39 is 5.97 Å². The fourth-order valence-corrected chi connectivity index (χ4v) is 4.87. The Hall–Kier alpha value is -3.93. The lowest BCUT2D eigenvalue weighted by Crippen LogP contribution is -2.43. The fraction of sp³-hybridized carbons (Fsp3) is 0.148. The zero-order valence-electron chi connectivity index (χ0n) is 19.1. The van der Waals surface area contributed by atoms with E-state index >= 15 is 0 Å². The van der Waals surface area contributed by atoms with E-state index in [9.17, 15) is 15.0 Å². The number of hydrogen-bond acceptors (Lipinski definition) is 4. The molecule has 7 heteroatoms. The number of carbonyl (C=O) groups is 2. The predicted molar refractivity (Wildman–Crippen MR) is 133 cm³/mol. The molecule has 1 aliphatic heterocycles. The van der Waals surface area contributed by atoms with Gasteiger partial charge in [0.1, 0.15) is 0 Å². The Labute approximate surface area is 202 Å². The highest BCUT2D eigenvalue weighted by Gasteiger charge is 2.34. The Balaban J connectivity index is 1.93. The summed E-state index contributed by atoms with van der Waals surface area (Å²) in [5, 5.41) is 9.67. The van der Waals surface area contributed by atoms with Gasteiger partial charge in [-0.15, -0.1) is 0 Å². The Kier molecular flexibility index (Phi) is 6.77. The number of amides is 1. The van der Waals surface area contributed by atoms with Crippen molar-refractivity contribution in [2.45, 2.75) is 30.6 Å². The lowest BCUT2D eigenvalue weighted by molar-refractivity contribution is -0.578. The van der Waals surface area contributed by atoms with Crippen LogP contribution in [0.5, 0.6) is 0 Å². The van der Waals surface area contributed by atoms with Crippen molar-refractivity contribution < 1.29 is 18.9 Å². The van der Waals surface area contributed by atoms with Gasteiger partial charge in [0, 0.05) is 27.0 Å².